The van der Waals surface area contributed by atoms with E-state index >= 15 is 0 Å². The number of nitrogens with one attached hydrogen (secondary N) is 1. The van der Waals surface area contributed by atoms with Crippen molar-refractivity contribution in [1.29, 1.82) is 0 Å². The molecule has 100 valence electrons. The maximum atomic E-state index is 11.2. The third-order valence-corrected chi connectivity index (χ3v) is 3.58. The Morgan fingerprint density at radius 3 is 2.50 bits per heavy atom. The lowest BCUT2D eigenvalue weighted by atomic mass is 9.98. The summed E-state index contributed by atoms with van der Waals surface area (Å²) in [4.78, 5) is 11.2. The molecule has 0 bridgehead atoms. The van der Waals surface area contributed by atoms with Gasteiger partial charge in [0.1, 0.15) is 6.04 Å². The van der Waals surface area contributed by atoms with Crippen LogP contribution in [0.3, 0.4) is 0 Å². The van der Waals surface area contributed by atoms with Crippen LogP contribution in [0.5, 0.6) is 0 Å². The Morgan fingerprint density at radius 2 is 2.00 bits per heavy atom. The lowest BCUT2D eigenvalue weighted by molar-refractivity contribution is -0.140. The monoisotopic (exact) mass is 249 g/mol. The van der Waals surface area contributed by atoms with Gasteiger partial charge in [-0.05, 0) is 36.5 Å². The molecule has 0 spiro atoms. The van der Waals surface area contributed by atoms with Gasteiger partial charge < -0.3 is 10.4 Å². The fraction of sp³-hybridized carbons (Fsp3) is 0.533. The van der Waals surface area contributed by atoms with Crippen LogP contribution >= 0.6 is 0 Å². The number of rotatable bonds is 6. The highest BCUT2D eigenvalue weighted by Gasteiger charge is 2.22. The van der Waals surface area contributed by atoms with E-state index < -0.39 is 12.0 Å². The van der Waals surface area contributed by atoms with E-state index in [1.807, 2.05) is 19.9 Å². The van der Waals surface area contributed by atoms with Crippen molar-refractivity contribution in [2.45, 2.75) is 46.7 Å². The molecule has 0 aliphatic heterocycles. The van der Waals surface area contributed by atoms with Crippen LogP contribution in [0.15, 0.2) is 18.2 Å². The zero-order valence-electron chi connectivity index (χ0n) is 11.7. The molecule has 0 radical (unpaired) electrons. The Labute approximate surface area is 109 Å². The molecule has 18 heavy (non-hydrogen) atoms. The Bertz CT molecular complexity index is 415. The van der Waals surface area contributed by atoms with Crippen LogP contribution < -0.4 is 5.32 Å². The number of carboxylic acids is 1. The minimum absolute atomic E-state index is 0.133. The smallest absolute Gasteiger partial charge is 0.320 e. The van der Waals surface area contributed by atoms with Gasteiger partial charge in [-0.25, -0.2) is 0 Å². The minimum Gasteiger partial charge on any atom is -0.480 e. The second-order valence-corrected chi connectivity index (χ2v) is 5.00. The number of aliphatic carboxylic acids is 1. The zero-order valence-corrected chi connectivity index (χ0v) is 11.7. The molecule has 3 heteroatoms. The van der Waals surface area contributed by atoms with E-state index in [9.17, 15) is 9.90 Å². The molecule has 0 saturated heterocycles. The summed E-state index contributed by atoms with van der Waals surface area (Å²) in [6, 6.07) is 5.75. The molecule has 0 unspecified atom stereocenters. The van der Waals surface area contributed by atoms with Crippen LogP contribution in [-0.2, 0) is 11.3 Å². The number of hydrogen-bond acceptors (Lipinski definition) is 2. The molecular formula is C15H23NO2. The van der Waals surface area contributed by atoms with Gasteiger partial charge in [0.05, 0.1) is 0 Å². The highest BCUT2D eigenvalue weighted by molar-refractivity contribution is 5.73. The Morgan fingerprint density at radius 1 is 1.33 bits per heavy atom. The molecule has 0 aliphatic carbocycles. The molecule has 0 aromatic heterocycles. The molecule has 0 heterocycles. The van der Waals surface area contributed by atoms with E-state index in [1.165, 1.54) is 11.1 Å². The molecule has 2 N–H and O–H groups in total. The van der Waals surface area contributed by atoms with Crippen molar-refractivity contribution in [2.24, 2.45) is 5.92 Å². The normalized spacial score (nSPS) is 14.2. The van der Waals surface area contributed by atoms with Crippen LogP contribution in [0.4, 0.5) is 0 Å². The largest absolute Gasteiger partial charge is 0.480 e. The fourth-order valence-corrected chi connectivity index (χ4v) is 1.91. The molecule has 1 rings (SSSR count). The molecule has 1 aromatic carbocycles. The predicted octanol–water partition coefficient (Wildman–Crippen LogP) is 2.89. The van der Waals surface area contributed by atoms with E-state index in [0.29, 0.717) is 6.54 Å². The van der Waals surface area contributed by atoms with Crippen LogP contribution in [0, 0.1) is 19.8 Å². The third-order valence-electron chi connectivity index (χ3n) is 3.58. The third kappa shape index (κ3) is 3.84. The first-order chi connectivity index (χ1) is 8.45. The summed E-state index contributed by atoms with van der Waals surface area (Å²) in [5, 5.41) is 12.3. The summed E-state index contributed by atoms with van der Waals surface area (Å²) in [6.45, 7) is 8.72. The summed E-state index contributed by atoms with van der Waals surface area (Å²) < 4.78 is 0. The topological polar surface area (TPSA) is 49.3 Å². The SMILES string of the molecule is CC[C@H](C)[C@H](NCc1ccc(C)c(C)c1)C(=O)O. The fourth-order valence-electron chi connectivity index (χ4n) is 1.91. The van der Waals surface area contributed by atoms with Gasteiger partial charge in [0.2, 0.25) is 0 Å². The average molecular weight is 249 g/mol. The molecule has 1 aromatic rings. The summed E-state index contributed by atoms with van der Waals surface area (Å²) in [6.07, 6.45) is 0.858. The molecular weight excluding hydrogens is 226 g/mol. The lowest BCUT2D eigenvalue weighted by Crippen LogP contribution is -2.41. The highest BCUT2D eigenvalue weighted by atomic mass is 16.4. The van der Waals surface area contributed by atoms with Crippen LogP contribution in [0.2, 0.25) is 0 Å². The lowest BCUT2D eigenvalue weighted by Gasteiger charge is -2.20. The molecule has 0 fully saturated rings. The van der Waals surface area contributed by atoms with E-state index in [1.54, 1.807) is 0 Å². The number of aryl methyl sites for hydroxylation is 2. The first kappa shape index (κ1) is 14.7. The van der Waals surface area contributed by atoms with Gasteiger partial charge >= 0.3 is 5.97 Å². The minimum atomic E-state index is -0.770. The van der Waals surface area contributed by atoms with Crippen molar-refractivity contribution in [3.05, 3.63) is 34.9 Å². The van der Waals surface area contributed by atoms with Crippen molar-refractivity contribution < 1.29 is 9.90 Å². The first-order valence-corrected chi connectivity index (χ1v) is 6.48. The van der Waals surface area contributed by atoms with E-state index in [-0.39, 0.29) is 5.92 Å². The van der Waals surface area contributed by atoms with Gasteiger partial charge in [0.15, 0.2) is 0 Å². The maximum absolute atomic E-state index is 11.2. The predicted molar refractivity (Wildman–Crippen MR) is 73.6 cm³/mol. The van der Waals surface area contributed by atoms with Gasteiger partial charge in [-0.2, -0.15) is 0 Å². The van der Waals surface area contributed by atoms with E-state index in [2.05, 4.69) is 31.3 Å². The second kappa shape index (κ2) is 6.55. The van der Waals surface area contributed by atoms with Crippen LogP contribution in [0.25, 0.3) is 0 Å². The summed E-state index contributed by atoms with van der Waals surface area (Å²) in [5.41, 5.74) is 3.63. The summed E-state index contributed by atoms with van der Waals surface area (Å²) in [5.74, 6) is -0.637. The van der Waals surface area contributed by atoms with Gasteiger partial charge in [0.25, 0.3) is 0 Å². The van der Waals surface area contributed by atoms with Crippen LogP contribution in [-0.4, -0.2) is 17.1 Å². The number of hydrogen-bond donors (Lipinski definition) is 2. The van der Waals surface area contributed by atoms with E-state index in [0.717, 1.165) is 12.0 Å². The van der Waals surface area contributed by atoms with Crippen LogP contribution in [0.1, 0.15) is 37.0 Å². The quantitative estimate of drug-likeness (QED) is 0.815. The Hall–Kier alpha value is -1.35. The van der Waals surface area contributed by atoms with Crippen molar-refractivity contribution in [3.8, 4) is 0 Å². The van der Waals surface area contributed by atoms with Gasteiger partial charge in [-0.3, -0.25) is 4.79 Å². The van der Waals surface area contributed by atoms with Gasteiger partial charge in [-0.1, -0.05) is 38.5 Å². The maximum Gasteiger partial charge on any atom is 0.320 e. The number of carboxylic acid groups (broad SMARTS) is 1. The van der Waals surface area contributed by atoms with Crippen molar-refractivity contribution in [1.82, 2.24) is 5.32 Å². The molecule has 3 nitrogen and oxygen atoms in total. The van der Waals surface area contributed by atoms with E-state index in [4.69, 9.17) is 0 Å². The molecule has 0 amide bonds. The summed E-state index contributed by atoms with van der Waals surface area (Å²) >= 11 is 0. The number of benzene rings is 1. The van der Waals surface area contributed by atoms with Crippen molar-refractivity contribution in [2.75, 3.05) is 0 Å². The molecule has 2 atom stereocenters. The number of carbonyl (C=O) groups is 1. The van der Waals surface area contributed by atoms with Crippen molar-refractivity contribution in [3.63, 3.8) is 0 Å². The average Bonchev–Trinajstić information content (AvgIpc) is 2.33. The second-order valence-electron chi connectivity index (χ2n) is 5.00. The Kier molecular flexibility index (Phi) is 5.35. The highest BCUT2D eigenvalue weighted by Crippen LogP contribution is 2.12. The zero-order chi connectivity index (χ0) is 13.7. The Balaban J connectivity index is 2.67. The van der Waals surface area contributed by atoms with Crippen molar-refractivity contribution >= 4 is 5.97 Å². The molecule has 0 saturated carbocycles. The first-order valence-electron chi connectivity index (χ1n) is 6.48. The summed E-state index contributed by atoms with van der Waals surface area (Å²) in [7, 11) is 0. The van der Waals surface area contributed by atoms with Gasteiger partial charge in [0, 0.05) is 6.54 Å². The molecule has 0 aliphatic rings. The van der Waals surface area contributed by atoms with Gasteiger partial charge in [-0.15, -0.1) is 0 Å². The standard InChI is InChI=1S/C15H23NO2/c1-5-10(2)14(15(17)18)16-9-13-7-6-11(3)12(4)8-13/h6-8,10,14,16H,5,9H2,1-4H3,(H,17,18)/t10-,14-/m0/s1.